The van der Waals surface area contributed by atoms with Crippen LogP contribution in [0, 0.1) is 0 Å². The molecule has 0 saturated carbocycles. The van der Waals surface area contributed by atoms with E-state index < -0.39 is 0 Å². The summed E-state index contributed by atoms with van der Waals surface area (Å²) in [4.78, 5) is 12.7. The third-order valence-electron chi connectivity index (χ3n) is 3.54. The molecule has 0 saturated heterocycles. The Balaban J connectivity index is 2.59. The van der Waals surface area contributed by atoms with Gasteiger partial charge in [0.1, 0.15) is 4.99 Å². The topological polar surface area (TPSA) is 48.0 Å². The molecule has 1 aromatic heterocycles. The standard InChI is InChI=1S/C17H20N2OS/c1-3-11-19-15(10-9-14(16(18)21)17(19)20)13-7-5-12(4-2)6-8-13/h5-10H,3-4,11H2,1-2H3,(H2,18,21). The van der Waals surface area contributed by atoms with Crippen LogP contribution in [-0.2, 0) is 13.0 Å². The van der Waals surface area contributed by atoms with Gasteiger partial charge in [0, 0.05) is 6.54 Å². The summed E-state index contributed by atoms with van der Waals surface area (Å²) >= 11 is 4.95. The molecule has 2 aromatic rings. The van der Waals surface area contributed by atoms with Crippen molar-refractivity contribution in [2.75, 3.05) is 0 Å². The first-order valence-corrected chi connectivity index (χ1v) is 7.62. The fraction of sp³-hybridized carbons (Fsp3) is 0.294. The first-order chi connectivity index (χ1) is 10.1. The molecule has 0 spiro atoms. The summed E-state index contributed by atoms with van der Waals surface area (Å²) < 4.78 is 1.76. The van der Waals surface area contributed by atoms with Crippen LogP contribution in [0.5, 0.6) is 0 Å². The molecular formula is C17H20N2OS. The van der Waals surface area contributed by atoms with Gasteiger partial charge in [-0.3, -0.25) is 4.79 Å². The van der Waals surface area contributed by atoms with E-state index in [-0.39, 0.29) is 10.5 Å². The molecule has 0 amide bonds. The van der Waals surface area contributed by atoms with Gasteiger partial charge >= 0.3 is 0 Å². The van der Waals surface area contributed by atoms with E-state index in [1.807, 2.05) is 13.0 Å². The Labute approximate surface area is 130 Å². The molecule has 0 unspecified atom stereocenters. The molecular weight excluding hydrogens is 280 g/mol. The molecule has 2 rings (SSSR count). The third kappa shape index (κ3) is 3.22. The van der Waals surface area contributed by atoms with E-state index in [4.69, 9.17) is 18.0 Å². The van der Waals surface area contributed by atoms with Crippen LogP contribution in [0.4, 0.5) is 0 Å². The Kier molecular flexibility index (Phi) is 4.91. The minimum absolute atomic E-state index is 0.110. The fourth-order valence-electron chi connectivity index (χ4n) is 2.37. The van der Waals surface area contributed by atoms with Gasteiger partial charge in [0.25, 0.3) is 5.56 Å². The summed E-state index contributed by atoms with van der Waals surface area (Å²) in [7, 11) is 0. The predicted octanol–water partition coefficient (Wildman–Crippen LogP) is 3.12. The lowest BCUT2D eigenvalue weighted by Gasteiger charge is -2.14. The second kappa shape index (κ2) is 6.68. The average Bonchev–Trinajstić information content (AvgIpc) is 2.49. The summed E-state index contributed by atoms with van der Waals surface area (Å²) in [6.45, 7) is 4.82. The molecule has 1 heterocycles. The highest BCUT2D eigenvalue weighted by Crippen LogP contribution is 2.20. The Bertz CT molecular complexity index is 702. The highest BCUT2D eigenvalue weighted by molar-refractivity contribution is 7.80. The van der Waals surface area contributed by atoms with Gasteiger partial charge in [0.15, 0.2) is 0 Å². The van der Waals surface area contributed by atoms with E-state index >= 15 is 0 Å². The Morgan fingerprint density at radius 1 is 1.14 bits per heavy atom. The van der Waals surface area contributed by atoms with E-state index in [1.165, 1.54) is 5.56 Å². The van der Waals surface area contributed by atoms with Gasteiger partial charge in [0.2, 0.25) is 0 Å². The maximum atomic E-state index is 12.5. The summed E-state index contributed by atoms with van der Waals surface area (Å²) in [6, 6.07) is 11.9. The maximum absolute atomic E-state index is 12.5. The molecule has 0 aliphatic rings. The van der Waals surface area contributed by atoms with Crippen LogP contribution < -0.4 is 11.3 Å². The van der Waals surface area contributed by atoms with Crippen molar-refractivity contribution < 1.29 is 0 Å². The Hall–Kier alpha value is -1.94. The molecule has 0 atom stereocenters. The van der Waals surface area contributed by atoms with Crippen LogP contribution in [0.3, 0.4) is 0 Å². The summed E-state index contributed by atoms with van der Waals surface area (Å²) in [5.74, 6) is 0. The molecule has 3 nitrogen and oxygen atoms in total. The minimum atomic E-state index is -0.110. The minimum Gasteiger partial charge on any atom is -0.389 e. The maximum Gasteiger partial charge on any atom is 0.261 e. The summed E-state index contributed by atoms with van der Waals surface area (Å²) in [5.41, 5.74) is 9.15. The second-order valence-corrected chi connectivity index (χ2v) is 5.44. The Morgan fingerprint density at radius 2 is 1.81 bits per heavy atom. The van der Waals surface area contributed by atoms with Gasteiger partial charge in [-0.05, 0) is 36.1 Å². The number of aromatic nitrogens is 1. The normalized spacial score (nSPS) is 10.6. The van der Waals surface area contributed by atoms with E-state index in [1.54, 1.807) is 10.6 Å². The van der Waals surface area contributed by atoms with Crippen LogP contribution >= 0.6 is 12.2 Å². The van der Waals surface area contributed by atoms with Gasteiger partial charge in [-0.2, -0.15) is 0 Å². The van der Waals surface area contributed by atoms with E-state index in [0.717, 1.165) is 24.1 Å². The quantitative estimate of drug-likeness (QED) is 0.863. The van der Waals surface area contributed by atoms with Crippen molar-refractivity contribution in [3.63, 3.8) is 0 Å². The molecule has 2 N–H and O–H groups in total. The number of nitrogens with zero attached hydrogens (tertiary/aromatic N) is 1. The summed E-state index contributed by atoms with van der Waals surface area (Å²) in [5, 5.41) is 0. The van der Waals surface area contributed by atoms with Crippen molar-refractivity contribution in [3.05, 3.63) is 57.9 Å². The van der Waals surface area contributed by atoms with Gasteiger partial charge in [-0.25, -0.2) is 0 Å². The molecule has 4 heteroatoms. The monoisotopic (exact) mass is 300 g/mol. The summed E-state index contributed by atoms with van der Waals surface area (Å²) in [6.07, 6.45) is 1.88. The third-order valence-corrected chi connectivity index (χ3v) is 3.76. The van der Waals surface area contributed by atoms with E-state index in [9.17, 15) is 4.79 Å². The molecule has 0 aliphatic carbocycles. The molecule has 0 fully saturated rings. The van der Waals surface area contributed by atoms with Gasteiger partial charge in [-0.1, -0.05) is 50.3 Å². The van der Waals surface area contributed by atoms with Crippen molar-refractivity contribution in [1.29, 1.82) is 0 Å². The lowest BCUT2D eigenvalue weighted by Crippen LogP contribution is -2.29. The number of rotatable bonds is 5. The van der Waals surface area contributed by atoms with Crippen molar-refractivity contribution >= 4 is 17.2 Å². The smallest absolute Gasteiger partial charge is 0.261 e. The molecule has 21 heavy (non-hydrogen) atoms. The molecule has 0 bridgehead atoms. The zero-order valence-corrected chi connectivity index (χ0v) is 13.2. The number of pyridine rings is 1. The van der Waals surface area contributed by atoms with Crippen LogP contribution in [0.25, 0.3) is 11.3 Å². The molecule has 0 aliphatic heterocycles. The lowest BCUT2D eigenvalue weighted by molar-refractivity contribution is 0.660. The first-order valence-electron chi connectivity index (χ1n) is 7.21. The number of nitrogens with two attached hydrogens (primary N) is 1. The van der Waals surface area contributed by atoms with E-state index in [2.05, 4.69) is 31.2 Å². The van der Waals surface area contributed by atoms with Gasteiger partial charge in [0.05, 0.1) is 11.3 Å². The molecule has 110 valence electrons. The largest absolute Gasteiger partial charge is 0.389 e. The average molecular weight is 300 g/mol. The highest BCUT2D eigenvalue weighted by Gasteiger charge is 2.11. The predicted molar refractivity (Wildman–Crippen MR) is 91.7 cm³/mol. The van der Waals surface area contributed by atoms with Crippen LogP contribution in [-0.4, -0.2) is 9.56 Å². The number of benzene rings is 1. The number of thiocarbonyl (C=S) groups is 1. The van der Waals surface area contributed by atoms with Gasteiger partial charge in [-0.15, -0.1) is 0 Å². The van der Waals surface area contributed by atoms with Crippen LogP contribution in [0.2, 0.25) is 0 Å². The zero-order chi connectivity index (χ0) is 15.4. The number of aryl methyl sites for hydroxylation is 1. The highest BCUT2D eigenvalue weighted by atomic mass is 32.1. The van der Waals surface area contributed by atoms with E-state index in [0.29, 0.717) is 12.1 Å². The van der Waals surface area contributed by atoms with Crippen molar-refractivity contribution in [3.8, 4) is 11.3 Å². The van der Waals surface area contributed by atoms with Crippen LogP contribution in [0.1, 0.15) is 31.4 Å². The number of hydrogen-bond acceptors (Lipinski definition) is 2. The molecule has 1 aromatic carbocycles. The molecule has 0 radical (unpaired) electrons. The SMILES string of the molecule is CCCn1c(-c2ccc(CC)cc2)ccc(C(N)=S)c1=O. The van der Waals surface area contributed by atoms with Crippen LogP contribution in [0.15, 0.2) is 41.2 Å². The van der Waals surface area contributed by atoms with Gasteiger partial charge < -0.3 is 10.3 Å². The first kappa shape index (κ1) is 15.4. The fourth-order valence-corrected chi connectivity index (χ4v) is 2.53. The van der Waals surface area contributed by atoms with Crippen molar-refractivity contribution in [2.24, 2.45) is 5.73 Å². The Morgan fingerprint density at radius 3 is 2.33 bits per heavy atom. The second-order valence-electron chi connectivity index (χ2n) is 5.00. The van der Waals surface area contributed by atoms with Crippen molar-refractivity contribution in [1.82, 2.24) is 4.57 Å². The zero-order valence-electron chi connectivity index (χ0n) is 12.4. The number of hydrogen-bond donors (Lipinski definition) is 1. The van der Waals surface area contributed by atoms with Crippen molar-refractivity contribution in [2.45, 2.75) is 33.2 Å². The lowest BCUT2D eigenvalue weighted by atomic mass is 10.1.